The Hall–Kier alpha value is -0.730. The molecule has 0 aliphatic carbocycles. The predicted molar refractivity (Wildman–Crippen MR) is 63.6 cm³/mol. The first-order valence-corrected chi connectivity index (χ1v) is 5.74. The van der Waals surface area contributed by atoms with Gasteiger partial charge in [-0.3, -0.25) is 0 Å². The van der Waals surface area contributed by atoms with Gasteiger partial charge in [0.05, 0.1) is 6.10 Å². The Morgan fingerprint density at radius 3 is 3.00 bits per heavy atom. The summed E-state index contributed by atoms with van der Waals surface area (Å²) >= 11 is 5.98. The van der Waals surface area contributed by atoms with Crippen LogP contribution in [0.1, 0.15) is 18.4 Å². The van der Waals surface area contributed by atoms with Gasteiger partial charge in [-0.1, -0.05) is 17.7 Å². The van der Waals surface area contributed by atoms with Crippen LogP contribution in [-0.2, 0) is 0 Å². The van der Waals surface area contributed by atoms with Crippen molar-refractivity contribution in [2.24, 2.45) is 0 Å². The summed E-state index contributed by atoms with van der Waals surface area (Å²) in [7, 11) is 0. The number of aliphatic hydroxyl groups is 1. The van der Waals surface area contributed by atoms with E-state index >= 15 is 0 Å². The molecule has 0 amide bonds. The minimum atomic E-state index is -0.197. The SMILES string of the molecule is Cc1ccc(Cl)cc1N1CCCC(O)C1. The summed E-state index contributed by atoms with van der Waals surface area (Å²) < 4.78 is 0. The van der Waals surface area contributed by atoms with Gasteiger partial charge >= 0.3 is 0 Å². The van der Waals surface area contributed by atoms with Gasteiger partial charge in [-0.15, -0.1) is 0 Å². The number of β-amino-alcohol motifs (C(OH)–C–C–N with tert-alkyl or cyclic N) is 1. The molecule has 1 atom stereocenters. The fourth-order valence-electron chi connectivity index (χ4n) is 2.10. The van der Waals surface area contributed by atoms with E-state index in [9.17, 15) is 5.11 Å². The number of aryl methyl sites for hydroxylation is 1. The topological polar surface area (TPSA) is 23.5 Å². The van der Waals surface area contributed by atoms with E-state index in [2.05, 4.69) is 11.8 Å². The third kappa shape index (κ3) is 2.44. The number of aliphatic hydroxyl groups excluding tert-OH is 1. The number of halogens is 1. The molecule has 82 valence electrons. The van der Waals surface area contributed by atoms with E-state index in [1.807, 2.05) is 18.2 Å². The number of rotatable bonds is 1. The smallest absolute Gasteiger partial charge is 0.0715 e. The fourth-order valence-corrected chi connectivity index (χ4v) is 2.26. The normalized spacial score (nSPS) is 21.8. The minimum Gasteiger partial charge on any atom is -0.391 e. The van der Waals surface area contributed by atoms with Crippen LogP contribution >= 0.6 is 11.6 Å². The van der Waals surface area contributed by atoms with Crippen molar-refractivity contribution in [3.63, 3.8) is 0 Å². The van der Waals surface area contributed by atoms with Crippen LogP contribution in [0.3, 0.4) is 0 Å². The van der Waals surface area contributed by atoms with E-state index in [0.717, 1.165) is 36.6 Å². The molecule has 0 radical (unpaired) electrons. The van der Waals surface area contributed by atoms with Gasteiger partial charge in [0.25, 0.3) is 0 Å². The Morgan fingerprint density at radius 1 is 1.47 bits per heavy atom. The van der Waals surface area contributed by atoms with Crippen LogP contribution in [-0.4, -0.2) is 24.3 Å². The maximum Gasteiger partial charge on any atom is 0.0715 e. The summed E-state index contributed by atoms with van der Waals surface area (Å²) in [5.41, 5.74) is 2.37. The summed E-state index contributed by atoms with van der Waals surface area (Å²) in [6.07, 6.45) is 1.76. The first kappa shape index (κ1) is 10.8. The molecule has 0 bridgehead atoms. The van der Waals surface area contributed by atoms with Crippen LogP contribution in [0.5, 0.6) is 0 Å². The molecular formula is C12H16ClNO. The van der Waals surface area contributed by atoms with Crippen LogP contribution in [0.25, 0.3) is 0 Å². The van der Waals surface area contributed by atoms with Crippen LogP contribution in [0.2, 0.25) is 5.02 Å². The number of anilines is 1. The van der Waals surface area contributed by atoms with Crippen LogP contribution in [0.15, 0.2) is 18.2 Å². The first-order valence-electron chi connectivity index (χ1n) is 5.36. The summed E-state index contributed by atoms with van der Waals surface area (Å²) in [5.74, 6) is 0. The van der Waals surface area contributed by atoms with E-state index in [4.69, 9.17) is 11.6 Å². The minimum absolute atomic E-state index is 0.197. The Morgan fingerprint density at radius 2 is 2.27 bits per heavy atom. The molecule has 0 aromatic heterocycles. The molecule has 1 aliphatic rings. The largest absolute Gasteiger partial charge is 0.391 e. The lowest BCUT2D eigenvalue weighted by atomic mass is 10.1. The third-order valence-corrected chi connectivity index (χ3v) is 3.14. The molecule has 1 aliphatic heterocycles. The van der Waals surface area contributed by atoms with E-state index in [0.29, 0.717) is 0 Å². The predicted octanol–water partition coefficient (Wildman–Crippen LogP) is 2.61. The van der Waals surface area contributed by atoms with Crippen molar-refractivity contribution in [3.8, 4) is 0 Å². The van der Waals surface area contributed by atoms with Gasteiger partial charge in [-0.25, -0.2) is 0 Å². The number of hydrogen-bond acceptors (Lipinski definition) is 2. The van der Waals surface area contributed by atoms with Crippen molar-refractivity contribution < 1.29 is 5.11 Å². The molecule has 2 rings (SSSR count). The molecule has 2 nitrogen and oxygen atoms in total. The number of nitrogens with zero attached hydrogens (tertiary/aromatic N) is 1. The average molecular weight is 226 g/mol. The zero-order chi connectivity index (χ0) is 10.8. The van der Waals surface area contributed by atoms with Crippen LogP contribution in [0, 0.1) is 6.92 Å². The Bertz CT molecular complexity index is 353. The molecule has 1 aromatic rings. The third-order valence-electron chi connectivity index (χ3n) is 2.91. The van der Waals surface area contributed by atoms with Gasteiger partial charge in [0.1, 0.15) is 0 Å². The Labute approximate surface area is 95.5 Å². The van der Waals surface area contributed by atoms with E-state index in [1.54, 1.807) is 0 Å². The first-order chi connectivity index (χ1) is 7.16. The van der Waals surface area contributed by atoms with Crippen LogP contribution in [0.4, 0.5) is 5.69 Å². The summed E-state index contributed by atoms with van der Waals surface area (Å²) in [4.78, 5) is 2.22. The molecule has 1 N–H and O–H groups in total. The zero-order valence-corrected chi connectivity index (χ0v) is 9.67. The van der Waals surface area contributed by atoms with Crippen molar-refractivity contribution in [1.29, 1.82) is 0 Å². The Balaban J connectivity index is 2.24. The maximum absolute atomic E-state index is 9.63. The zero-order valence-electron chi connectivity index (χ0n) is 8.91. The monoisotopic (exact) mass is 225 g/mol. The molecule has 0 spiro atoms. The highest BCUT2D eigenvalue weighted by Crippen LogP contribution is 2.26. The lowest BCUT2D eigenvalue weighted by Gasteiger charge is -2.33. The van der Waals surface area contributed by atoms with Crippen molar-refractivity contribution in [2.45, 2.75) is 25.9 Å². The highest BCUT2D eigenvalue weighted by atomic mass is 35.5. The molecule has 1 fully saturated rings. The maximum atomic E-state index is 9.63. The summed E-state index contributed by atoms with van der Waals surface area (Å²) in [6, 6.07) is 5.91. The summed E-state index contributed by atoms with van der Waals surface area (Å²) in [5, 5.41) is 10.4. The molecule has 1 heterocycles. The highest BCUT2D eigenvalue weighted by Gasteiger charge is 2.19. The molecule has 0 saturated carbocycles. The van der Waals surface area contributed by atoms with Crippen molar-refractivity contribution in [1.82, 2.24) is 0 Å². The number of piperidine rings is 1. The van der Waals surface area contributed by atoms with Gasteiger partial charge in [0.2, 0.25) is 0 Å². The van der Waals surface area contributed by atoms with Gasteiger partial charge < -0.3 is 10.0 Å². The average Bonchev–Trinajstić information content (AvgIpc) is 2.22. The van der Waals surface area contributed by atoms with Crippen molar-refractivity contribution in [3.05, 3.63) is 28.8 Å². The fraction of sp³-hybridized carbons (Fsp3) is 0.500. The quantitative estimate of drug-likeness (QED) is 0.794. The summed E-state index contributed by atoms with van der Waals surface area (Å²) in [6.45, 7) is 3.81. The molecular weight excluding hydrogens is 210 g/mol. The van der Waals surface area contributed by atoms with Gasteiger partial charge in [0, 0.05) is 23.8 Å². The van der Waals surface area contributed by atoms with E-state index < -0.39 is 0 Å². The second kappa shape index (κ2) is 4.42. The lowest BCUT2D eigenvalue weighted by molar-refractivity contribution is 0.154. The molecule has 1 unspecified atom stereocenters. The highest BCUT2D eigenvalue weighted by molar-refractivity contribution is 6.30. The van der Waals surface area contributed by atoms with Crippen LogP contribution < -0.4 is 4.90 Å². The van der Waals surface area contributed by atoms with Gasteiger partial charge in [-0.05, 0) is 37.5 Å². The van der Waals surface area contributed by atoms with Gasteiger partial charge in [0.15, 0.2) is 0 Å². The molecule has 3 heteroatoms. The molecule has 15 heavy (non-hydrogen) atoms. The van der Waals surface area contributed by atoms with Crippen molar-refractivity contribution in [2.75, 3.05) is 18.0 Å². The second-order valence-corrected chi connectivity index (χ2v) is 4.61. The van der Waals surface area contributed by atoms with E-state index in [1.165, 1.54) is 5.56 Å². The number of benzene rings is 1. The second-order valence-electron chi connectivity index (χ2n) is 4.17. The lowest BCUT2D eigenvalue weighted by Crippen LogP contribution is -2.38. The van der Waals surface area contributed by atoms with Crippen molar-refractivity contribution >= 4 is 17.3 Å². The molecule has 1 saturated heterocycles. The number of hydrogen-bond donors (Lipinski definition) is 1. The van der Waals surface area contributed by atoms with E-state index in [-0.39, 0.29) is 6.10 Å². The standard InChI is InChI=1S/C12H16ClNO/c1-9-4-5-10(13)7-12(9)14-6-2-3-11(15)8-14/h4-5,7,11,15H,2-3,6,8H2,1H3. The van der Waals surface area contributed by atoms with Gasteiger partial charge in [-0.2, -0.15) is 0 Å². The molecule has 1 aromatic carbocycles. The Kier molecular flexibility index (Phi) is 3.17.